The molecule has 0 radical (unpaired) electrons. The molecule has 144 valence electrons. The van der Waals surface area contributed by atoms with Gasteiger partial charge in [0.25, 0.3) is 0 Å². The maximum Gasteiger partial charge on any atom is 0.409 e. The van der Waals surface area contributed by atoms with Crippen molar-refractivity contribution in [3.8, 4) is 0 Å². The van der Waals surface area contributed by atoms with Crippen LogP contribution in [0.25, 0.3) is 0 Å². The Morgan fingerprint density at radius 1 is 1.31 bits per heavy atom. The predicted molar refractivity (Wildman–Crippen MR) is 100 cm³/mol. The van der Waals surface area contributed by atoms with Crippen LogP contribution in [0.3, 0.4) is 0 Å². The van der Waals surface area contributed by atoms with Crippen LogP contribution >= 0.6 is 0 Å². The van der Waals surface area contributed by atoms with Gasteiger partial charge in [0.05, 0.1) is 6.61 Å². The molecule has 6 heteroatoms. The molecule has 1 aliphatic carbocycles. The zero-order chi connectivity index (χ0) is 18.3. The summed E-state index contributed by atoms with van der Waals surface area (Å²) in [6, 6.07) is 0.709. The van der Waals surface area contributed by atoms with Crippen LogP contribution in [-0.2, 0) is 11.8 Å². The lowest BCUT2D eigenvalue weighted by Gasteiger charge is -2.51. The number of amides is 1. The minimum atomic E-state index is -0.126. The van der Waals surface area contributed by atoms with Crippen LogP contribution in [0.1, 0.15) is 56.5 Å². The Labute approximate surface area is 156 Å². The summed E-state index contributed by atoms with van der Waals surface area (Å²) in [7, 11) is 2.13. The van der Waals surface area contributed by atoms with Gasteiger partial charge in [0.1, 0.15) is 5.82 Å². The predicted octanol–water partition coefficient (Wildman–Crippen LogP) is 2.92. The molecule has 0 bridgehead atoms. The minimum Gasteiger partial charge on any atom is -0.450 e. The van der Waals surface area contributed by atoms with Gasteiger partial charge in [0.2, 0.25) is 0 Å². The van der Waals surface area contributed by atoms with E-state index in [2.05, 4.69) is 28.4 Å². The van der Waals surface area contributed by atoms with Crippen molar-refractivity contribution in [3.63, 3.8) is 0 Å². The van der Waals surface area contributed by atoms with Crippen molar-refractivity contribution in [2.75, 3.05) is 32.8 Å². The fourth-order valence-corrected chi connectivity index (χ4v) is 5.25. The number of piperidine rings is 1. The normalized spacial score (nSPS) is 30.0. The van der Waals surface area contributed by atoms with Gasteiger partial charge in [0.15, 0.2) is 0 Å². The fourth-order valence-electron chi connectivity index (χ4n) is 5.25. The van der Waals surface area contributed by atoms with Gasteiger partial charge in [-0.2, -0.15) is 0 Å². The molecule has 0 aromatic carbocycles. The zero-order valence-corrected chi connectivity index (χ0v) is 16.4. The number of aryl methyl sites for hydroxylation is 1. The third-order valence-corrected chi connectivity index (χ3v) is 6.97. The number of ether oxygens (including phenoxy) is 1. The highest BCUT2D eigenvalue weighted by molar-refractivity contribution is 5.68. The summed E-state index contributed by atoms with van der Waals surface area (Å²) >= 11 is 0. The molecule has 0 atom stereocenters. The van der Waals surface area contributed by atoms with E-state index in [1.807, 2.05) is 18.0 Å². The average Bonchev–Trinajstić information content (AvgIpc) is 3.19. The quantitative estimate of drug-likeness (QED) is 0.832. The summed E-state index contributed by atoms with van der Waals surface area (Å²) in [5.41, 5.74) is 1.61. The molecule has 1 amide bonds. The SMILES string of the molecule is CCOC(=O)N1CCC2(CC(N3CCC(c4ncc(C)n4C)CC3)C2)C1. The minimum absolute atomic E-state index is 0.126. The van der Waals surface area contributed by atoms with Gasteiger partial charge in [-0.25, -0.2) is 9.78 Å². The van der Waals surface area contributed by atoms with Crippen molar-refractivity contribution >= 4 is 6.09 Å². The Morgan fingerprint density at radius 2 is 2.04 bits per heavy atom. The molecule has 6 nitrogen and oxygen atoms in total. The molecule has 3 fully saturated rings. The molecule has 0 N–H and O–H groups in total. The van der Waals surface area contributed by atoms with Gasteiger partial charge >= 0.3 is 6.09 Å². The number of hydrogen-bond donors (Lipinski definition) is 0. The highest BCUT2D eigenvalue weighted by atomic mass is 16.6. The first-order valence-electron chi connectivity index (χ1n) is 10.2. The molecule has 1 saturated carbocycles. The van der Waals surface area contributed by atoms with Gasteiger partial charge < -0.3 is 19.1 Å². The van der Waals surface area contributed by atoms with Crippen LogP contribution in [0.15, 0.2) is 6.20 Å². The second kappa shape index (κ2) is 6.87. The Morgan fingerprint density at radius 3 is 2.65 bits per heavy atom. The van der Waals surface area contributed by atoms with Gasteiger partial charge in [0, 0.05) is 44.0 Å². The summed E-state index contributed by atoms with van der Waals surface area (Å²) in [6.07, 6.45) is 7.92. The maximum atomic E-state index is 11.9. The number of hydrogen-bond acceptors (Lipinski definition) is 4. The topological polar surface area (TPSA) is 50.6 Å². The molecule has 1 aromatic rings. The molecule has 4 rings (SSSR count). The van der Waals surface area contributed by atoms with Crippen molar-refractivity contribution in [2.24, 2.45) is 12.5 Å². The molecule has 26 heavy (non-hydrogen) atoms. The smallest absolute Gasteiger partial charge is 0.409 e. The molecular weight excluding hydrogens is 328 g/mol. The summed E-state index contributed by atoms with van der Waals surface area (Å²) in [5, 5.41) is 0. The van der Waals surface area contributed by atoms with E-state index in [1.165, 1.54) is 50.3 Å². The lowest BCUT2D eigenvalue weighted by Crippen LogP contribution is -2.54. The lowest BCUT2D eigenvalue weighted by molar-refractivity contribution is -0.00518. The highest BCUT2D eigenvalue weighted by Gasteiger charge is 2.51. The summed E-state index contributed by atoms with van der Waals surface area (Å²) in [5.74, 6) is 1.86. The molecule has 2 aliphatic heterocycles. The summed E-state index contributed by atoms with van der Waals surface area (Å²) in [6.45, 7) is 8.59. The Kier molecular flexibility index (Phi) is 4.71. The van der Waals surface area contributed by atoms with E-state index >= 15 is 0 Å². The third-order valence-electron chi connectivity index (χ3n) is 6.97. The van der Waals surface area contributed by atoms with Crippen molar-refractivity contribution in [3.05, 3.63) is 17.7 Å². The number of carbonyl (C=O) groups is 1. The van der Waals surface area contributed by atoms with Gasteiger partial charge in [-0.1, -0.05) is 0 Å². The monoisotopic (exact) mass is 360 g/mol. The first-order valence-corrected chi connectivity index (χ1v) is 10.2. The van der Waals surface area contributed by atoms with E-state index in [4.69, 9.17) is 4.74 Å². The molecule has 0 unspecified atom stereocenters. The first kappa shape index (κ1) is 17.8. The first-order chi connectivity index (χ1) is 12.5. The number of likely N-dealkylation sites (tertiary alicyclic amines) is 2. The Bertz CT molecular complexity index is 657. The number of nitrogens with zero attached hydrogens (tertiary/aromatic N) is 4. The summed E-state index contributed by atoms with van der Waals surface area (Å²) in [4.78, 5) is 21.2. The van der Waals surface area contributed by atoms with E-state index in [9.17, 15) is 4.79 Å². The molecule has 3 aliphatic rings. The Balaban J connectivity index is 1.26. The molecule has 3 heterocycles. The van der Waals surface area contributed by atoms with Crippen molar-refractivity contribution in [1.82, 2.24) is 19.4 Å². The van der Waals surface area contributed by atoms with Crippen LogP contribution in [0, 0.1) is 12.3 Å². The highest BCUT2D eigenvalue weighted by Crippen LogP contribution is 2.51. The third kappa shape index (κ3) is 3.13. The van der Waals surface area contributed by atoms with Crippen LogP contribution in [0.4, 0.5) is 4.79 Å². The average molecular weight is 361 g/mol. The van der Waals surface area contributed by atoms with Crippen molar-refractivity contribution < 1.29 is 9.53 Å². The van der Waals surface area contributed by atoms with E-state index < -0.39 is 0 Å². The molecule has 1 spiro atoms. The van der Waals surface area contributed by atoms with Gasteiger partial charge in [-0.15, -0.1) is 0 Å². The van der Waals surface area contributed by atoms with E-state index in [0.717, 1.165) is 19.5 Å². The Hall–Kier alpha value is -1.56. The van der Waals surface area contributed by atoms with Gasteiger partial charge in [-0.05, 0) is 64.5 Å². The van der Waals surface area contributed by atoms with Crippen molar-refractivity contribution in [2.45, 2.75) is 57.9 Å². The second-order valence-corrected chi connectivity index (χ2v) is 8.56. The molecular formula is C20H32N4O2. The standard InChI is InChI=1S/C20H32N4O2/c1-4-26-19(25)24-10-7-20(14-24)11-17(12-20)23-8-5-16(6-9-23)18-21-13-15(2)22(18)3/h13,16-17H,4-12,14H2,1-3H3. The van der Waals surface area contributed by atoms with E-state index in [-0.39, 0.29) is 6.09 Å². The van der Waals surface area contributed by atoms with Crippen LogP contribution in [0.5, 0.6) is 0 Å². The van der Waals surface area contributed by atoms with E-state index in [0.29, 0.717) is 24.0 Å². The fraction of sp³-hybridized carbons (Fsp3) is 0.800. The van der Waals surface area contributed by atoms with E-state index in [1.54, 1.807) is 0 Å². The molecule has 1 aromatic heterocycles. The number of imidazole rings is 1. The molecule has 2 saturated heterocycles. The van der Waals surface area contributed by atoms with Crippen LogP contribution in [-0.4, -0.2) is 64.3 Å². The lowest BCUT2D eigenvalue weighted by atomic mass is 9.64. The second-order valence-electron chi connectivity index (χ2n) is 8.56. The van der Waals surface area contributed by atoms with Crippen molar-refractivity contribution in [1.29, 1.82) is 0 Å². The summed E-state index contributed by atoms with van der Waals surface area (Å²) < 4.78 is 7.42. The number of carbonyl (C=O) groups excluding carboxylic acids is 1. The zero-order valence-electron chi connectivity index (χ0n) is 16.4. The van der Waals surface area contributed by atoms with Gasteiger partial charge in [-0.3, -0.25) is 0 Å². The van der Waals surface area contributed by atoms with Crippen LogP contribution in [0.2, 0.25) is 0 Å². The number of rotatable bonds is 3. The largest absolute Gasteiger partial charge is 0.450 e. The maximum absolute atomic E-state index is 11.9. The van der Waals surface area contributed by atoms with Crippen LogP contribution < -0.4 is 0 Å². The number of aromatic nitrogens is 2.